The van der Waals surface area contributed by atoms with Gasteiger partial charge in [0.1, 0.15) is 0 Å². The molecule has 1 nitrogen and oxygen atoms in total. The van der Waals surface area contributed by atoms with Gasteiger partial charge in [0.05, 0.1) is 0 Å². The highest BCUT2D eigenvalue weighted by Crippen LogP contribution is 2.21. The minimum atomic E-state index is 0.403. The molecule has 0 bridgehead atoms. The van der Waals surface area contributed by atoms with E-state index in [-0.39, 0.29) is 0 Å². The largest absolute Gasteiger partial charge is 0.312 e. The first-order chi connectivity index (χ1) is 7.27. The molecule has 3 heteroatoms. The van der Waals surface area contributed by atoms with Crippen LogP contribution < -0.4 is 5.32 Å². The summed E-state index contributed by atoms with van der Waals surface area (Å²) in [5.41, 5.74) is 1.27. The lowest BCUT2D eigenvalue weighted by Crippen LogP contribution is -2.18. The number of halogens is 1. The van der Waals surface area contributed by atoms with Gasteiger partial charge in [-0.15, -0.1) is 0 Å². The molecule has 0 aliphatic carbocycles. The van der Waals surface area contributed by atoms with E-state index in [9.17, 15) is 0 Å². The summed E-state index contributed by atoms with van der Waals surface area (Å²) in [4.78, 5) is 0. The van der Waals surface area contributed by atoms with E-state index in [4.69, 9.17) is 11.6 Å². The van der Waals surface area contributed by atoms with Crippen molar-refractivity contribution < 1.29 is 0 Å². The summed E-state index contributed by atoms with van der Waals surface area (Å²) in [7, 11) is 2.00. The molecule has 0 radical (unpaired) electrons. The van der Waals surface area contributed by atoms with E-state index < -0.39 is 0 Å². The summed E-state index contributed by atoms with van der Waals surface area (Å²) in [5, 5.41) is 4.14. The van der Waals surface area contributed by atoms with Crippen molar-refractivity contribution >= 4 is 23.4 Å². The number of hydrogen-bond donors (Lipinski definition) is 1. The Balaban J connectivity index is 2.57. The SMILES string of the molecule is CCCSCC(NC)c1cccc(Cl)c1. The Bertz CT molecular complexity index is 291. The summed E-state index contributed by atoms with van der Waals surface area (Å²) in [6, 6.07) is 8.48. The average molecular weight is 244 g/mol. The first kappa shape index (κ1) is 12.9. The zero-order valence-corrected chi connectivity index (χ0v) is 10.9. The fraction of sp³-hybridized carbons (Fsp3) is 0.500. The van der Waals surface area contributed by atoms with E-state index in [1.54, 1.807) is 0 Å². The number of rotatable bonds is 6. The van der Waals surface area contributed by atoms with E-state index in [1.807, 2.05) is 37.0 Å². The Hall–Kier alpha value is -0.180. The zero-order valence-electron chi connectivity index (χ0n) is 9.29. The first-order valence-electron chi connectivity index (χ1n) is 5.28. The van der Waals surface area contributed by atoms with Gasteiger partial charge in [-0.3, -0.25) is 0 Å². The van der Waals surface area contributed by atoms with Gasteiger partial charge in [-0.25, -0.2) is 0 Å². The molecule has 1 rings (SSSR count). The van der Waals surface area contributed by atoms with Gasteiger partial charge in [0.15, 0.2) is 0 Å². The highest BCUT2D eigenvalue weighted by Gasteiger charge is 2.08. The lowest BCUT2D eigenvalue weighted by Gasteiger charge is -2.16. The minimum absolute atomic E-state index is 0.403. The Morgan fingerprint density at radius 1 is 1.47 bits per heavy atom. The Kier molecular flexibility index (Phi) is 6.15. The second-order valence-corrected chi connectivity index (χ2v) is 5.06. The van der Waals surface area contributed by atoms with E-state index >= 15 is 0 Å². The van der Waals surface area contributed by atoms with Crippen molar-refractivity contribution in [1.82, 2.24) is 5.32 Å². The smallest absolute Gasteiger partial charge is 0.0409 e. The van der Waals surface area contributed by atoms with Gasteiger partial charge in [-0.05, 0) is 36.9 Å². The standard InChI is InChI=1S/C12H18ClNS/c1-3-7-15-9-12(14-2)10-5-4-6-11(13)8-10/h4-6,8,12,14H,3,7,9H2,1-2H3. The monoisotopic (exact) mass is 243 g/mol. The topological polar surface area (TPSA) is 12.0 Å². The van der Waals surface area contributed by atoms with Crippen molar-refractivity contribution in [3.05, 3.63) is 34.9 Å². The molecular weight excluding hydrogens is 226 g/mol. The number of thioether (sulfide) groups is 1. The molecule has 15 heavy (non-hydrogen) atoms. The quantitative estimate of drug-likeness (QED) is 0.764. The van der Waals surface area contributed by atoms with Crippen LogP contribution in [0, 0.1) is 0 Å². The second kappa shape index (κ2) is 7.15. The predicted molar refractivity (Wildman–Crippen MR) is 70.9 cm³/mol. The van der Waals surface area contributed by atoms with Crippen LogP contribution in [-0.2, 0) is 0 Å². The van der Waals surface area contributed by atoms with E-state index in [0.717, 1.165) is 10.8 Å². The van der Waals surface area contributed by atoms with Crippen LogP contribution in [0.5, 0.6) is 0 Å². The normalized spacial score (nSPS) is 12.7. The Morgan fingerprint density at radius 2 is 2.27 bits per heavy atom. The first-order valence-corrected chi connectivity index (χ1v) is 6.81. The Morgan fingerprint density at radius 3 is 2.87 bits per heavy atom. The summed E-state index contributed by atoms with van der Waals surface area (Å²) >= 11 is 7.95. The summed E-state index contributed by atoms with van der Waals surface area (Å²) < 4.78 is 0. The van der Waals surface area contributed by atoms with Crippen LogP contribution in [0.1, 0.15) is 24.9 Å². The maximum atomic E-state index is 5.97. The predicted octanol–water partition coefficient (Wildman–Crippen LogP) is 3.74. The molecule has 1 atom stereocenters. The van der Waals surface area contributed by atoms with Gasteiger partial charge >= 0.3 is 0 Å². The van der Waals surface area contributed by atoms with Crippen molar-refractivity contribution in [1.29, 1.82) is 0 Å². The lowest BCUT2D eigenvalue weighted by molar-refractivity contribution is 0.662. The van der Waals surface area contributed by atoms with Crippen molar-refractivity contribution in [2.24, 2.45) is 0 Å². The highest BCUT2D eigenvalue weighted by atomic mass is 35.5. The summed E-state index contributed by atoms with van der Waals surface area (Å²) in [6.07, 6.45) is 1.23. The number of benzene rings is 1. The van der Waals surface area contributed by atoms with Crippen molar-refractivity contribution in [3.8, 4) is 0 Å². The molecule has 1 unspecified atom stereocenters. The highest BCUT2D eigenvalue weighted by molar-refractivity contribution is 7.99. The summed E-state index contributed by atoms with van der Waals surface area (Å²) in [5.74, 6) is 2.32. The van der Waals surface area contributed by atoms with Crippen LogP contribution in [0.3, 0.4) is 0 Å². The molecule has 0 amide bonds. The second-order valence-electron chi connectivity index (χ2n) is 3.47. The fourth-order valence-corrected chi connectivity index (χ4v) is 2.66. The van der Waals surface area contributed by atoms with Crippen LogP contribution in [0.15, 0.2) is 24.3 Å². The van der Waals surface area contributed by atoms with Crippen molar-refractivity contribution in [3.63, 3.8) is 0 Å². The van der Waals surface area contributed by atoms with Crippen LogP contribution in [-0.4, -0.2) is 18.6 Å². The molecule has 0 aliphatic rings. The number of nitrogens with one attached hydrogen (secondary N) is 1. The third-order valence-corrected chi connectivity index (χ3v) is 3.73. The van der Waals surface area contributed by atoms with Crippen molar-refractivity contribution in [2.45, 2.75) is 19.4 Å². The molecular formula is C12H18ClNS. The Labute approximate surface area is 102 Å². The molecule has 1 aromatic carbocycles. The van der Waals surface area contributed by atoms with Gasteiger partial charge in [0.2, 0.25) is 0 Å². The fourth-order valence-electron chi connectivity index (χ4n) is 1.42. The molecule has 0 aromatic heterocycles. The minimum Gasteiger partial charge on any atom is -0.312 e. The molecule has 0 aliphatic heterocycles. The molecule has 0 saturated carbocycles. The van der Waals surface area contributed by atoms with Crippen molar-refractivity contribution in [2.75, 3.05) is 18.6 Å². The zero-order chi connectivity index (χ0) is 11.1. The molecule has 0 saturated heterocycles. The molecule has 0 heterocycles. The molecule has 1 aromatic rings. The van der Waals surface area contributed by atoms with E-state index in [1.165, 1.54) is 17.7 Å². The van der Waals surface area contributed by atoms with Crippen LogP contribution in [0.4, 0.5) is 0 Å². The van der Waals surface area contributed by atoms with Crippen LogP contribution in [0.25, 0.3) is 0 Å². The third kappa shape index (κ3) is 4.45. The van der Waals surface area contributed by atoms with E-state index in [2.05, 4.69) is 18.3 Å². The lowest BCUT2D eigenvalue weighted by atomic mass is 10.1. The maximum absolute atomic E-state index is 5.97. The van der Waals surface area contributed by atoms with Gasteiger partial charge in [-0.2, -0.15) is 11.8 Å². The molecule has 84 valence electrons. The molecule has 0 spiro atoms. The van der Waals surface area contributed by atoms with Gasteiger partial charge in [0, 0.05) is 16.8 Å². The van der Waals surface area contributed by atoms with Gasteiger partial charge in [0.25, 0.3) is 0 Å². The van der Waals surface area contributed by atoms with Crippen LogP contribution in [0.2, 0.25) is 5.02 Å². The maximum Gasteiger partial charge on any atom is 0.0409 e. The van der Waals surface area contributed by atoms with Gasteiger partial charge < -0.3 is 5.32 Å². The third-order valence-electron chi connectivity index (χ3n) is 2.23. The molecule has 1 N–H and O–H groups in total. The van der Waals surface area contributed by atoms with Gasteiger partial charge in [-0.1, -0.05) is 30.7 Å². The van der Waals surface area contributed by atoms with E-state index in [0.29, 0.717) is 6.04 Å². The average Bonchev–Trinajstić information content (AvgIpc) is 2.24. The molecule has 0 fully saturated rings. The summed E-state index contributed by atoms with van der Waals surface area (Å²) in [6.45, 7) is 2.21. The van der Waals surface area contributed by atoms with Crippen LogP contribution >= 0.6 is 23.4 Å². The number of hydrogen-bond acceptors (Lipinski definition) is 2.